The zero-order valence-electron chi connectivity index (χ0n) is 9.46. The van der Waals surface area contributed by atoms with Crippen LogP contribution in [0.1, 0.15) is 5.56 Å². The van der Waals surface area contributed by atoms with Gasteiger partial charge in [-0.05, 0) is 18.2 Å². The lowest BCUT2D eigenvalue weighted by Crippen LogP contribution is -2.08. The summed E-state index contributed by atoms with van der Waals surface area (Å²) in [5.74, 6) is 0. The summed E-state index contributed by atoms with van der Waals surface area (Å²) in [6, 6.07) is 7.53. The minimum atomic E-state index is -4.65. The minimum Gasteiger partial charge on any atom is -0.166 e. The van der Waals surface area contributed by atoms with Gasteiger partial charge in [-0.3, -0.25) is 0 Å². The number of halogens is 7. The summed E-state index contributed by atoms with van der Waals surface area (Å²) in [6.45, 7) is 0. The first-order valence-corrected chi connectivity index (χ1v) is 6.66. The molecule has 0 amide bonds. The van der Waals surface area contributed by atoms with Gasteiger partial charge in [-0.1, -0.05) is 52.5 Å². The van der Waals surface area contributed by atoms with E-state index < -0.39 is 11.7 Å². The number of alkyl halides is 3. The van der Waals surface area contributed by atoms with Crippen LogP contribution in [0.4, 0.5) is 13.2 Å². The van der Waals surface area contributed by atoms with E-state index in [0.29, 0.717) is 0 Å². The average molecular weight is 359 g/mol. The van der Waals surface area contributed by atoms with Gasteiger partial charge >= 0.3 is 6.18 Å². The highest BCUT2D eigenvalue weighted by Gasteiger charge is 2.36. The maximum Gasteiger partial charge on any atom is 0.417 e. The van der Waals surface area contributed by atoms with Gasteiger partial charge in [0.15, 0.2) is 0 Å². The molecule has 2 aromatic carbocycles. The minimum absolute atomic E-state index is 0.000995. The molecule has 2 rings (SSSR count). The van der Waals surface area contributed by atoms with Crippen molar-refractivity contribution in [2.75, 3.05) is 0 Å². The summed E-state index contributed by atoms with van der Waals surface area (Å²) in [5, 5.41) is -0.421. The van der Waals surface area contributed by atoms with E-state index in [9.17, 15) is 13.2 Å². The Kier molecular flexibility index (Phi) is 4.45. The lowest BCUT2D eigenvalue weighted by molar-refractivity contribution is -0.137. The Morgan fingerprint density at radius 2 is 1.45 bits per heavy atom. The molecule has 2 aromatic rings. The van der Waals surface area contributed by atoms with Crippen molar-refractivity contribution in [1.82, 2.24) is 0 Å². The standard InChI is InChI=1S/C13H4Cl4F3/c14-6-4-7(13(18,19)20)11(10(17)5-6)12-8(15)2-1-3-9(12)16/h1-4H. The van der Waals surface area contributed by atoms with E-state index in [1.54, 1.807) is 0 Å². The number of hydrogen-bond donors (Lipinski definition) is 0. The van der Waals surface area contributed by atoms with Crippen molar-refractivity contribution < 1.29 is 13.2 Å². The van der Waals surface area contributed by atoms with E-state index >= 15 is 0 Å². The molecule has 0 spiro atoms. The van der Waals surface area contributed by atoms with Crippen LogP contribution in [0.3, 0.4) is 0 Å². The normalized spacial score (nSPS) is 11.8. The van der Waals surface area contributed by atoms with Crippen LogP contribution >= 0.6 is 46.4 Å². The average Bonchev–Trinajstić information content (AvgIpc) is 2.29. The smallest absolute Gasteiger partial charge is 0.166 e. The largest absolute Gasteiger partial charge is 0.417 e. The van der Waals surface area contributed by atoms with Crippen LogP contribution < -0.4 is 0 Å². The quantitative estimate of drug-likeness (QED) is 0.526. The highest BCUT2D eigenvalue weighted by Crippen LogP contribution is 2.46. The van der Waals surface area contributed by atoms with Gasteiger partial charge in [0.05, 0.1) is 15.6 Å². The van der Waals surface area contributed by atoms with Gasteiger partial charge in [-0.25, -0.2) is 0 Å². The summed E-state index contributed by atoms with van der Waals surface area (Å²) in [7, 11) is 0. The third kappa shape index (κ3) is 3.01. The lowest BCUT2D eigenvalue weighted by atomic mass is 9.99. The maximum absolute atomic E-state index is 13.1. The molecule has 1 radical (unpaired) electrons. The van der Waals surface area contributed by atoms with E-state index in [1.807, 2.05) is 0 Å². The Balaban J connectivity index is 2.87. The summed E-state index contributed by atoms with van der Waals surface area (Å²) in [4.78, 5) is 0. The van der Waals surface area contributed by atoms with Gasteiger partial charge in [-0.2, -0.15) is 13.2 Å². The highest BCUT2D eigenvalue weighted by molar-refractivity contribution is 6.42. The topological polar surface area (TPSA) is 0 Å². The van der Waals surface area contributed by atoms with Crippen LogP contribution in [0.2, 0.25) is 20.1 Å². The number of rotatable bonds is 1. The second-order valence-corrected chi connectivity index (χ2v) is 5.41. The lowest BCUT2D eigenvalue weighted by Gasteiger charge is -2.17. The Morgan fingerprint density at radius 3 is 1.95 bits per heavy atom. The predicted octanol–water partition coefficient (Wildman–Crippen LogP) is 6.79. The Labute approximate surface area is 133 Å². The van der Waals surface area contributed by atoms with Crippen molar-refractivity contribution in [3.63, 3.8) is 0 Å². The zero-order chi connectivity index (χ0) is 15.1. The summed E-state index contributed by atoms with van der Waals surface area (Å²) in [5.41, 5.74) is -1.35. The van der Waals surface area contributed by atoms with Gasteiger partial charge in [0, 0.05) is 27.2 Å². The third-order valence-corrected chi connectivity index (χ3v) is 3.62. The first-order valence-electron chi connectivity index (χ1n) is 5.14. The molecule has 0 saturated carbocycles. The van der Waals surface area contributed by atoms with Gasteiger partial charge in [0.2, 0.25) is 0 Å². The van der Waals surface area contributed by atoms with Crippen molar-refractivity contribution in [2.24, 2.45) is 0 Å². The molecular formula is C13H4Cl4F3. The zero-order valence-corrected chi connectivity index (χ0v) is 12.5. The van der Waals surface area contributed by atoms with Gasteiger partial charge < -0.3 is 0 Å². The van der Waals surface area contributed by atoms with Crippen LogP contribution in [0.15, 0.2) is 24.3 Å². The van der Waals surface area contributed by atoms with Crippen molar-refractivity contribution in [3.8, 4) is 11.1 Å². The molecule has 0 aliphatic heterocycles. The number of hydrogen-bond acceptors (Lipinski definition) is 0. The Morgan fingerprint density at radius 1 is 0.900 bits per heavy atom. The molecule has 0 fully saturated rings. The van der Waals surface area contributed by atoms with E-state index in [0.717, 1.165) is 6.07 Å². The molecule has 0 heterocycles. The first-order chi connectivity index (χ1) is 9.21. The van der Waals surface area contributed by atoms with Gasteiger partial charge in [-0.15, -0.1) is 0 Å². The van der Waals surface area contributed by atoms with Gasteiger partial charge in [0.25, 0.3) is 0 Å². The molecule has 0 atom stereocenters. The van der Waals surface area contributed by atoms with Crippen LogP contribution in [-0.4, -0.2) is 0 Å². The van der Waals surface area contributed by atoms with Crippen LogP contribution in [0.5, 0.6) is 0 Å². The molecule has 0 aromatic heterocycles. The van der Waals surface area contributed by atoms with E-state index in [-0.39, 0.29) is 31.2 Å². The fourth-order valence-electron chi connectivity index (χ4n) is 1.73. The van der Waals surface area contributed by atoms with Crippen molar-refractivity contribution in [3.05, 3.63) is 56.0 Å². The predicted molar refractivity (Wildman–Crippen MR) is 75.8 cm³/mol. The van der Waals surface area contributed by atoms with E-state index in [1.165, 1.54) is 18.2 Å². The first kappa shape index (κ1) is 15.8. The van der Waals surface area contributed by atoms with E-state index in [4.69, 9.17) is 46.4 Å². The van der Waals surface area contributed by atoms with E-state index in [2.05, 4.69) is 6.07 Å². The summed E-state index contributed by atoms with van der Waals surface area (Å²) in [6.07, 6.45) is -4.65. The Bertz CT molecular complexity index is 645. The maximum atomic E-state index is 13.1. The molecule has 7 heteroatoms. The second kappa shape index (κ2) is 5.64. The summed E-state index contributed by atoms with van der Waals surface area (Å²) < 4.78 is 39.4. The fraction of sp³-hybridized carbons (Fsp3) is 0.0769. The Hall–Kier alpha value is -0.610. The van der Waals surface area contributed by atoms with Crippen molar-refractivity contribution >= 4 is 46.4 Å². The molecule has 105 valence electrons. The molecular weight excluding hydrogens is 355 g/mol. The SMILES string of the molecule is FC(F)(F)c1cc(Cl)[c]c(Cl)c1-c1c(Cl)cccc1Cl. The molecule has 0 bridgehead atoms. The van der Waals surface area contributed by atoms with Crippen molar-refractivity contribution in [2.45, 2.75) is 6.18 Å². The summed E-state index contributed by atoms with van der Waals surface area (Å²) >= 11 is 23.3. The third-order valence-electron chi connectivity index (χ3n) is 2.51. The van der Waals surface area contributed by atoms with Gasteiger partial charge in [0.1, 0.15) is 0 Å². The molecule has 0 N–H and O–H groups in total. The van der Waals surface area contributed by atoms with Crippen LogP contribution in [0, 0.1) is 6.07 Å². The molecule has 0 aliphatic carbocycles. The van der Waals surface area contributed by atoms with Crippen LogP contribution in [0.25, 0.3) is 11.1 Å². The molecule has 20 heavy (non-hydrogen) atoms. The molecule has 0 unspecified atom stereocenters. The second-order valence-electron chi connectivity index (χ2n) is 3.81. The monoisotopic (exact) mass is 357 g/mol. The highest BCUT2D eigenvalue weighted by atomic mass is 35.5. The molecule has 0 aliphatic rings. The molecule has 0 nitrogen and oxygen atoms in total. The number of benzene rings is 2. The van der Waals surface area contributed by atoms with Crippen LogP contribution in [-0.2, 0) is 6.18 Å². The van der Waals surface area contributed by atoms with Crippen molar-refractivity contribution in [1.29, 1.82) is 0 Å². The fourth-order valence-corrected chi connectivity index (χ4v) is 2.86. The molecule has 0 saturated heterocycles.